The van der Waals surface area contributed by atoms with E-state index in [0.29, 0.717) is 37.7 Å². The van der Waals surface area contributed by atoms with Gasteiger partial charge in [-0.2, -0.15) is 4.31 Å². The molecule has 0 saturated carbocycles. The van der Waals surface area contributed by atoms with Crippen LogP contribution < -0.4 is 4.90 Å². The average molecular weight is 422 g/mol. The van der Waals surface area contributed by atoms with Crippen LogP contribution in [0.1, 0.15) is 15.9 Å². The minimum atomic E-state index is -3.49. The van der Waals surface area contributed by atoms with Gasteiger partial charge in [0.15, 0.2) is 0 Å². The first kappa shape index (κ1) is 19.2. The maximum atomic E-state index is 13.0. The molecule has 0 radical (unpaired) electrons. The fourth-order valence-electron chi connectivity index (χ4n) is 4.29. The van der Waals surface area contributed by atoms with Gasteiger partial charge in [-0.1, -0.05) is 42.0 Å². The van der Waals surface area contributed by atoms with Crippen molar-refractivity contribution in [3.8, 4) is 0 Å². The van der Waals surface area contributed by atoms with E-state index in [1.165, 1.54) is 4.31 Å². The van der Waals surface area contributed by atoms with E-state index in [4.69, 9.17) is 0 Å². The van der Waals surface area contributed by atoms with E-state index < -0.39 is 10.0 Å². The lowest BCUT2D eigenvalue weighted by Crippen LogP contribution is -2.52. The van der Waals surface area contributed by atoms with Crippen LogP contribution in [-0.4, -0.2) is 56.4 Å². The Morgan fingerprint density at radius 1 is 0.867 bits per heavy atom. The number of anilines is 1. The second-order valence-electron chi connectivity index (χ2n) is 7.89. The second kappa shape index (κ2) is 7.19. The van der Waals surface area contributed by atoms with Crippen LogP contribution in [0, 0.1) is 6.92 Å². The minimum absolute atomic E-state index is 0.0107. The zero-order chi connectivity index (χ0) is 20.9. The molecule has 5 rings (SSSR count). The van der Waals surface area contributed by atoms with E-state index in [1.807, 2.05) is 60.4 Å². The zero-order valence-electron chi connectivity index (χ0n) is 16.8. The molecule has 1 amide bonds. The molecule has 154 valence electrons. The van der Waals surface area contributed by atoms with E-state index in [0.717, 1.165) is 27.6 Å². The summed E-state index contributed by atoms with van der Waals surface area (Å²) in [4.78, 5) is 17.3. The summed E-state index contributed by atoms with van der Waals surface area (Å²) in [5.41, 5.74) is 2.71. The summed E-state index contributed by atoms with van der Waals surface area (Å²) in [5.74, 6) is 0.0107. The molecule has 0 unspecified atom stereocenters. The molecule has 1 saturated heterocycles. The fraction of sp³-hybridized carbons (Fsp3) is 0.261. The van der Waals surface area contributed by atoms with Crippen molar-refractivity contribution in [3.63, 3.8) is 0 Å². The lowest BCUT2D eigenvalue weighted by Gasteiger charge is -2.36. The maximum absolute atomic E-state index is 13.0. The normalized spacial score (nSPS) is 17.8. The molecular weight excluding hydrogens is 398 g/mol. The number of carbonyl (C=O) groups excluding carboxylic acids is 1. The van der Waals surface area contributed by atoms with Crippen molar-refractivity contribution in [2.75, 3.05) is 37.7 Å². The number of rotatable bonds is 4. The molecule has 30 heavy (non-hydrogen) atoms. The van der Waals surface area contributed by atoms with Crippen molar-refractivity contribution in [3.05, 3.63) is 71.8 Å². The van der Waals surface area contributed by atoms with Crippen molar-refractivity contribution < 1.29 is 13.2 Å². The van der Waals surface area contributed by atoms with Crippen LogP contribution in [0.5, 0.6) is 0 Å². The van der Waals surface area contributed by atoms with Crippen LogP contribution in [-0.2, 0) is 10.0 Å². The van der Waals surface area contributed by atoms with Crippen molar-refractivity contribution in [2.24, 2.45) is 0 Å². The third kappa shape index (κ3) is 3.10. The summed E-state index contributed by atoms with van der Waals surface area (Å²) in [6.07, 6.45) is 0. The van der Waals surface area contributed by atoms with Gasteiger partial charge in [0.1, 0.15) is 0 Å². The number of nitrogens with zero attached hydrogens (tertiary/aromatic N) is 3. The van der Waals surface area contributed by atoms with Gasteiger partial charge in [-0.25, -0.2) is 8.42 Å². The molecule has 2 aliphatic rings. The molecule has 2 heterocycles. The number of carbonyl (C=O) groups is 1. The van der Waals surface area contributed by atoms with Crippen molar-refractivity contribution in [1.29, 1.82) is 0 Å². The Morgan fingerprint density at radius 3 is 2.23 bits per heavy atom. The smallest absolute Gasteiger partial charge is 0.260 e. The molecule has 0 atom stereocenters. The molecule has 0 bridgehead atoms. The summed E-state index contributed by atoms with van der Waals surface area (Å²) in [6, 6.07) is 18.8. The highest BCUT2D eigenvalue weighted by Gasteiger charge is 2.33. The predicted octanol–water partition coefficient (Wildman–Crippen LogP) is 3.07. The lowest BCUT2D eigenvalue weighted by molar-refractivity contribution is 0.0963. The zero-order valence-corrected chi connectivity index (χ0v) is 17.6. The molecule has 3 aromatic carbocycles. The number of aryl methyl sites for hydroxylation is 1. The van der Waals surface area contributed by atoms with Gasteiger partial charge in [0, 0.05) is 37.1 Å². The Hall–Kier alpha value is -2.74. The topological polar surface area (TPSA) is 60.9 Å². The van der Waals surface area contributed by atoms with Gasteiger partial charge in [-0.05, 0) is 36.6 Å². The van der Waals surface area contributed by atoms with Crippen LogP contribution >= 0.6 is 0 Å². The Labute approximate surface area is 176 Å². The van der Waals surface area contributed by atoms with Gasteiger partial charge in [0.2, 0.25) is 10.0 Å². The summed E-state index contributed by atoms with van der Waals surface area (Å²) < 4.78 is 27.4. The molecule has 0 N–H and O–H groups in total. The summed E-state index contributed by atoms with van der Waals surface area (Å²) in [5, 5.41) is 2.07. The third-order valence-electron chi connectivity index (χ3n) is 5.98. The Balaban J connectivity index is 1.30. The van der Waals surface area contributed by atoms with Gasteiger partial charge in [-0.15, -0.1) is 0 Å². The fourth-order valence-corrected chi connectivity index (χ4v) is 5.71. The number of benzene rings is 3. The molecule has 2 aliphatic heterocycles. The number of amides is 1. The molecule has 6 nitrogen and oxygen atoms in total. The SMILES string of the molecule is Cc1ccc(S(=O)(=O)N2CCN(CN3C(=O)c4cccc5cccc3c45)CC2)cc1. The van der Waals surface area contributed by atoms with Gasteiger partial charge in [0.05, 0.1) is 17.3 Å². The molecule has 0 spiro atoms. The van der Waals surface area contributed by atoms with Gasteiger partial charge >= 0.3 is 0 Å². The van der Waals surface area contributed by atoms with E-state index in [2.05, 4.69) is 4.90 Å². The highest BCUT2D eigenvalue weighted by Crippen LogP contribution is 2.37. The quantitative estimate of drug-likeness (QED) is 0.650. The molecular formula is C23H23N3O3S. The molecule has 3 aromatic rings. The highest BCUT2D eigenvalue weighted by atomic mass is 32.2. The van der Waals surface area contributed by atoms with E-state index in [9.17, 15) is 13.2 Å². The van der Waals surface area contributed by atoms with Crippen LogP contribution in [0.4, 0.5) is 5.69 Å². The van der Waals surface area contributed by atoms with E-state index in [1.54, 1.807) is 12.1 Å². The largest absolute Gasteiger partial charge is 0.294 e. The average Bonchev–Trinajstić information content (AvgIpc) is 3.03. The number of hydrogen-bond donors (Lipinski definition) is 0. The third-order valence-corrected chi connectivity index (χ3v) is 7.89. The predicted molar refractivity (Wildman–Crippen MR) is 117 cm³/mol. The molecule has 1 fully saturated rings. The first-order chi connectivity index (χ1) is 14.4. The van der Waals surface area contributed by atoms with Gasteiger partial charge in [-0.3, -0.25) is 14.6 Å². The monoisotopic (exact) mass is 421 g/mol. The first-order valence-electron chi connectivity index (χ1n) is 10.1. The molecule has 0 aromatic heterocycles. The minimum Gasteiger partial charge on any atom is -0.294 e. The van der Waals surface area contributed by atoms with Gasteiger partial charge in [0.25, 0.3) is 5.91 Å². The van der Waals surface area contributed by atoms with Crippen LogP contribution in [0.3, 0.4) is 0 Å². The van der Waals surface area contributed by atoms with Crippen molar-refractivity contribution in [1.82, 2.24) is 9.21 Å². The molecule has 0 aliphatic carbocycles. The van der Waals surface area contributed by atoms with Crippen LogP contribution in [0.2, 0.25) is 0 Å². The standard InChI is InChI=1S/C23H23N3O3S/c1-17-8-10-19(11-9-17)30(28,29)25-14-12-24(13-15-25)16-26-21-7-3-5-18-4-2-6-20(22(18)21)23(26)27/h2-11H,12-16H2,1H3. The summed E-state index contributed by atoms with van der Waals surface area (Å²) in [6.45, 7) is 4.39. The van der Waals surface area contributed by atoms with Crippen molar-refractivity contribution in [2.45, 2.75) is 11.8 Å². The Bertz CT molecular complexity index is 1230. The number of sulfonamides is 1. The second-order valence-corrected chi connectivity index (χ2v) is 9.83. The summed E-state index contributed by atoms with van der Waals surface area (Å²) in [7, 11) is -3.49. The summed E-state index contributed by atoms with van der Waals surface area (Å²) >= 11 is 0. The number of piperazine rings is 1. The van der Waals surface area contributed by atoms with E-state index >= 15 is 0 Å². The van der Waals surface area contributed by atoms with Gasteiger partial charge < -0.3 is 0 Å². The Kier molecular flexibility index (Phi) is 4.61. The van der Waals surface area contributed by atoms with E-state index in [-0.39, 0.29) is 5.91 Å². The van der Waals surface area contributed by atoms with Crippen LogP contribution in [0.15, 0.2) is 65.6 Å². The first-order valence-corrected chi connectivity index (χ1v) is 11.5. The number of hydrogen-bond acceptors (Lipinski definition) is 4. The van der Waals surface area contributed by atoms with Crippen LogP contribution in [0.25, 0.3) is 10.8 Å². The highest BCUT2D eigenvalue weighted by molar-refractivity contribution is 7.89. The van der Waals surface area contributed by atoms with Crippen molar-refractivity contribution >= 4 is 32.4 Å². The maximum Gasteiger partial charge on any atom is 0.260 e. The molecule has 7 heteroatoms. The lowest BCUT2D eigenvalue weighted by atomic mass is 10.1. The Morgan fingerprint density at radius 2 is 1.53 bits per heavy atom.